The minimum Gasteiger partial charge on any atom is -0.463 e. The second-order valence-corrected chi connectivity index (χ2v) is 4.09. The first-order valence-electron chi connectivity index (χ1n) is 5.05. The Bertz CT molecular complexity index is 720. The highest BCUT2D eigenvalue weighted by molar-refractivity contribution is 6.31. The summed E-state index contributed by atoms with van der Waals surface area (Å²) < 4.78 is 5.31. The summed E-state index contributed by atoms with van der Waals surface area (Å²) in [6.07, 6.45) is 1.58. The maximum atomic E-state index is 9.24. The highest BCUT2D eigenvalue weighted by atomic mass is 35.5. The van der Waals surface area contributed by atoms with Crippen molar-refractivity contribution in [2.24, 2.45) is 0 Å². The van der Waals surface area contributed by atoms with Gasteiger partial charge in [-0.1, -0.05) is 11.6 Å². The van der Waals surface area contributed by atoms with Crippen molar-refractivity contribution >= 4 is 22.5 Å². The van der Waals surface area contributed by atoms with Crippen LogP contribution in [0.1, 0.15) is 5.56 Å². The highest BCUT2D eigenvalue weighted by Gasteiger charge is 2.14. The van der Waals surface area contributed by atoms with Crippen LogP contribution in [0, 0.1) is 11.3 Å². The number of nitriles is 1. The van der Waals surface area contributed by atoms with E-state index < -0.39 is 0 Å². The van der Waals surface area contributed by atoms with Crippen LogP contribution in [0.4, 0.5) is 0 Å². The molecular formula is C13H7ClN2O. The summed E-state index contributed by atoms with van der Waals surface area (Å²) in [5, 5.41) is 10.7. The molecule has 0 saturated carbocycles. The number of aromatic nitrogens is 1. The molecule has 0 saturated heterocycles. The van der Waals surface area contributed by atoms with E-state index in [0.717, 1.165) is 10.9 Å². The lowest BCUT2D eigenvalue weighted by molar-refractivity contribution is 0.580. The maximum Gasteiger partial charge on any atom is 0.151 e. The highest BCUT2D eigenvalue weighted by Crippen LogP contribution is 2.31. The molecule has 3 aromatic rings. The zero-order valence-electron chi connectivity index (χ0n) is 8.70. The van der Waals surface area contributed by atoms with E-state index in [2.05, 4.69) is 11.1 Å². The van der Waals surface area contributed by atoms with Crippen LogP contribution < -0.4 is 0 Å². The van der Waals surface area contributed by atoms with Gasteiger partial charge in [-0.15, -0.1) is 0 Å². The first kappa shape index (κ1) is 10.0. The average molecular weight is 243 g/mol. The molecule has 0 atom stereocenters. The second kappa shape index (κ2) is 3.69. The summed E-state index contributed by atoms with van der Waals surface area (Å²) in [4.78, 5) is 3.17. The molecule has 82 valence electrons. The van der Waals surface area contributed by atoms with E-state index in [1.54, 1.807) is 24.5 Å². The van der Waals surface area contributed by atoms with Crippen molar-refractivity contribution in [3.63, 3.8) is 0 Å². The van der Waals surface area contributed by atoms with Crippen LogP contribution in [0.5, 0.6) is 0 Å². The molecule has 0 unspecified atom stereocenters. The Morgan fingerprint density at radius 3 is 2.88 bits per heavy atom. The van der Waals surface area contributed by atoms with Gasteiger partial charge in [0.15, 0.2) is 5.76 Å². The number of halogens is 1. The van der Waals surface area contributed by atoms with Crippen LogP contribution in [0.25, 0.3) is 22.4 Å². The number of nitrogens with one attached hydrogen (secondary N) is 1. The third-order valence-corrected chi connectivity index (χ3v) is 2.88. The number of hydrogen-bond acceptors (Lipinski definition) is 2. The van der Waals surface area contributed by atoms with Gasteiger partial charge >= 0.3 is 0 Å². The summed E-state index contributed by atoms with van der Waals surface area (Å²) in [5.74, 6) is 0.647. The van der Waals surface area contributed by atoms with Crippen LogP contribution in [0.15, 0.2) is 41.0 Å². The van der Waals surface area contributed by atoms with Gasteiger partial charge in [0.2, 0.25) is 0 Å². The fraction of sp³-hybridized carbons (Fsp3) is 0. The summed E-state index contributed by atoms with van der Waals surface area (Å²) in [6, 6.07) is 11.2. The van der Waals surface area contributed by atoms with Crippen molar-refractivity contribution < 1.29 is 4.42 Å². The number of rotatable bonds is 1. The lowest BCUT2D eigenvalue weighted by Gasteiger charge is -1.92. The molecule has 0 bridgehead atoms. The second-order valence-electron chi connectivity index (χ2n) is 3.65. The van der Waals surface area contributed by atoms with E-state index in [9.17, 15) is 5.26 Å². The molecule has 0 radical (unpaired) electrons. The van der Waals surface area contributed by atoms with Crippen molar-refractivity contribution in [2.45, 2.75) is 0 Å². The van der Waals surface area contributed by atoms with Crippen LogP contribution in [0.3, 0.4) is 0 Å². The Kier molecular flexibility index (Phi) is 2.17. The van der Waals surface area contributed by atoms with Crippen LogP contribution in [-0.4, -0.2) is 4.98 Å². The molecule has 2 heterocycles. The topological polar surface area (TPSA) is 52.7 Å². The first-order chi connectivity index (χ1) is 8.29. The Morgan fingerprint density at radius 2 is 2.18 bits per heavy atom. The zero-order valence-corrected chi connectivity index (χ0v) is 9.45. The summed E-state index contributed by atoms with van der Waals surface area (Å²) in [5.41, 5.74) is 2.12. The van der Waals surface area contributed by atoms with Crippen molar-refractivity contribution in [1.82, 2.24) is 4.98 Å². The van der Waals surface area contributed by atoms with Gasteiger partial charge in [0.05, 0.1) is 11.8 Å². The molecular weight excluding hydrogens is 236 g/mol. The van der Waals surface area contributed by atoms with Gasteiger partial charge in [0.25, 0.3) is 0 Å². The Morgan fingerprint density at radius 1 is 1.29 bits per heavy atom. The number of furan rings is 1. The standard InChI is InChI=1S/C13H7ClN2O/c14-8-3-4-11-9(6-8)10(7-15)13(16-11)12-2-1-5-17-12/h1-6,16H. The molecule has 1 aromatic carbocycles. The Balaban J connectivity index is 2.37. The fourth-order valence-electron chi connectivity index (χ4n) is 1.89. The summed E-state index contributed by atoms with van der Waals surface area (Å²) >= 11 is 5.94. The number of fused-ring (bicyclic) bond motifs is 1. The molecule has 17 heavy (non-hydrogen) atoms. The van der Waals surface area contributed by atoms with Gasteiger partial charge in [-0.3, -0.25) is 0 Å². The largest absolute Gasteiger partial charge is 0.463 e. The smallest absolute Gasteiger partial charge is 0.151 e. The minimum atomic E-state index is 0.553. The molecule has 1 N–H and O–H groups in total. The number of aromatic amines is 1. The lowest BCUT2D eigenvalue weighted by atomic mass is 10.1. The van der Waals surface area contributed by atoms with Gasteiger partial charge in [-0.2, -0.15) is 5.26 Å². The van der Waals surface area contributed by atoms with Gasteiger partial charge in [0.1, 0.15) is 11.8 Å². The molecule has 4 heteroatoms. The molecule has 0 spiro atoms. The molecule has 0 aliphatic rings. The van der Waals surface area contributed by atoms with Crippen LogP contribution >= 0.6 is 11.6 Å². The summed E-state index contributed by atoms with van der Waals surface area (Å²) in [6.45, 7) is 0. The van der Waals surface area contributed by atoms with Crippen molar-refractivity contribution in [3.8, 4) is 17.5 Å². The van der Waals surface area contributed by atoms with Crippen LogP contribution in [0.2, 0.25) is 5.02 Å². The van der Waals surface area contributed by atoms with E-state index in [1.807, 2.05) is 12.1 Å². The van der Waals surface area contributed by atoms with E-state index in [4.69, 9.17) is 16.0 Å². The molecule has 0 fully saturated rings. The van der Waals surface area contributed by atoms with Crippen molar-refractivity contribution in [3.05, 3.63) is 47.2 Å². The number of benzene rings is 1. The predicted molar refractivity (Wildman–Crippen MR) is 65.7 cm³/mol. The van der Waals surface area contributed by atoms with Crippen molar-refractivity contribution in [2.75, 3.05) is 0 Å². The minimum absolute atomic E-state index is 0.553. The van der Waals surface area contributed by atoms with E-state index in [0.29, 0.717) is 22.0 Å². The van der Waals surface area contributed by atoms with Gasteiger partial charge < -0.3 is 9.40 Å². The summed E-state index contributed by atoms with van der Waals surface area (Å²) in [7, 11) is 0. The van der Waals surface area contributed by atoms with Gasteiger partial charge in [-0.25, -0.2) is 0 Å². The Hall–Kier alpha value is -2.18. The zero-order chi connectivity index (χ0) is 11.8. The van der Waals surface area contributed by atoms with Crippen LogP contribution in [-0.2, 0) is 0 Å². The van der Waals surface area contributed by atoms with E-state index in [1.165, 1.54) is 0 Å². The SMILES string of the molecule is N#Cc1c(-c2ccco2)[nH]c2ccc(Cl)cc12. The van der Waals surface area contributed by atoms with E-state index in [-0.39, 0.29) is 0 Å². The van der Waals surface area contributed by atoms with Gasteiger partial charge in [0, 0.05) is 15.9 Å². The fourth-order valence-corrected chi connectivity index (χ4v) is 2.06. The third-order valence-electron chi connectivity index (χ3n) is 2.64. The molecule has 3 nitrogen and oxygen atoms in total. The average Bonchev–Trinajstić information content (AvgIpc) is 2.94. The molecule has 0 amide bonds. The molecule has 2 aromatic heterocycles. The molecule has 0 aliphatic heterocycles. The number of hydrogen-bond donors (Lipinski definition) is 1. The Labute approximate surface area is 102 Å². The number of nitrogens with zero attached hydrogens (tertiary/aromatic N) is 1. The predicted octanol–water partition coefficient (Wildman–Crippen LogP) is 3.95. The maximum absolute atomic E-state index is 9.24. The molecule has 3 rings (SSSR count). The molecule has 0 aliphatic carbocycles. The lowest BCUT2D eigenvalue weighted by Crippen LogP contribution is -1.77. The van der Waals surface area contributed by atoms with E-state index >= 15 is 0 Å². The quantitative estimate of drug-likeness (QED) is 0.702. The van der Waals surface area contributed by atoms with Gasteiger partial charge in [-0.05, 0) is 30.3 Å². The first-order valence-corrected chi connectivity index (χ1v) is 5.42. The number of H-pyrrole nitrogens is 1. The third kappa shape index (κ3) is 1.50. The van der Waals surface area contributed by atoms with Crippen molar-refractivity contribution in [1.29, 1.82) is 5.26 Å². The monoisotopic (exact) mass is 242 g/mol. The normalized spacial score (nSPS) is 10.6.